The first kappa shape index (κ1) is 8.49. The summed E-state index contributed by atoms with van der Waals surface area (Å²) in [6, 6.07) is 12.3. The van der Waals surface area contributed by atoms with Crippen molar-refractivity contribution >= 4 is 5.90 Å². The molecule has 15 heavy (non-hydrogen) atoms. The number of benzene rings is 1. The van der Waals surface area contributed by atoms with Crippen LogP contribution in [0, 0.1) is 11.3 Å². The summed E-state index contributed by atoms with van der Waals surface area (Å²) in [5.41, 5.74) is 0.506. The predicted octanol–water partition coefficient (Wildman–Crippen LogP) is 1.86. The van der Waals surface area contributed by atoms with Crippen LogP contribution in [0.2, 0.25) is 0 Å². The van der Waals surface area contributed by atoms with Crippen molar-refractivity contribution in [1.82, 2.24) is 0 Å². The molecule has 0 aromatic heterocycles. The Kier molecular flexibility index (Phi) is 1.47. The van der Waals surface area contributed by atoms with Crippen LogP contribution in [0.1, 0.15) is 18.4 Å². The molecule has 1 aromatic carbocycles. The van der Waals surface area contributed by atoms with Gasteiger partial charge in [-0.1, -0.05) is 30.3 Å². The van der Waals surface area contributed by atoms with Crippen LogP contribution in [-0.2, 0) is 4.74 Å². The standard InChI is InChI=1S/C12H10N2O/c1-8-14-12(7-13)10(11(12)15-8)9-5-3-2-4-6-9/h2-6,10-11H,1H3/t10-,11-,12+/m1/s1. The van der Waals surface area contributed by atoms with Crippen molar-refractivity contribution < 1.29 is 4.74 Å². The molecule has 3 nitrogen and oxygen atoms in total. The first-order chi connectivity index (χ1) is 7.28. The van der Waals surface area contributed by atoms with Gasteiger partial charge < -0.3 is 4.74 Å². The van der Waals surface area contributed by atoms with Crippen LogP contribution in [0.4, 0.5) is 0 Å². The number of aliphatic imine (C=N–C) groups is 1. The van der Waals surface area contributed by atoms with Gasteiger partial charge in [0.2, 0.25) is 0 Å². The van der Waals surface area contributed by atoms with Gasteiger partial charge in [0.15, 0.2) is 11.4 Å². The predicted molar refractivity (Wildman–Crippen MR) is 55.5 cm³/mol. The summed E-state index contributed by atoms with van der Waals surface area (Å²) in [5, 5.41) is 9.18. The molecule has 0 spiro atoms. The first-order valence-electron chi connectivity index (χ1n) is 4.97. The third-order valence-corrected chi connectivity index (χ3v) is 3.08. The number of fused-ring (bicyclic) bond motifs is 1. The van der Waals surface area contributed by atoms with Crippen molar-refractivity contribution in [2.45, 2.75) is 24.5 Å². The van der Waals surface area contributed by atoms with Crippen molar-refractivity contribution in [1.29, 1.82) is 5.26 Å². The molecule has 1 heterocycles. The highest BCUT2D eigenvalue weighted by molar-refractivity contribution is 5.80. The lowest BCUT2D eigenvalue weighted by molar-refractivity contribution is 0.290. The summed E-state index contributed by atoms with van der Waals surface area (Å²) in [7, 11) is 0. The molecule has 0 saturated heterocycles. The van der Waals surface area contributed by atoms with Crippen molar-refractivity contribution in [2.75, 3.05) is 0 Å². The van der Waals surface area contributed by atoms with Crippen LogP contribution in [0.15, 0.2) is 35.3 Å². The van der Waals surface area contributed by atoms with E-state index >= 15 is 0 Å². The molecular weight excluding hydrogens is 188 g/mol. The zero-order valence-electron chi connectivity index (χ0n) is 8.34. The summed E-state index contributed by atoms with van der Waals surface area (Å²) in [5.74, 6) is 0.751. The fourth-order valence-corrected chi connectivity index (χ4v) is 2.35. The third kappa shape index (κ3) is 0.964. The summed E-state index contributed by atoms with van der Waals surface area (Å²) in [6.45, 7) is 1.80. The number of rotatable bonds is 1. The SMILES string of the molecule is CC1=N[C@]2(C#N)[C@H](O1)[C@H]2c1ccccc1. The van der Waals surface area contributed by atoms with E-state index in [9.17, 15) is 5.26 Å². The number of hydrogen-bond donors (Lipinski definition) is 0. The molecule has 1 aromatic rings. The van der Waals surface area contributed by atoms with Crippen molar-refractivity contribution in [3.05, 3.63) is 35.9 Å². The quantitative estimate of drug-likeness (QED) is 0.691. The summed E-state index contributed by atoms with van der Waals surface area (Å²) in [4.78, 5) is 4.30. The van der Waals surface area contributed by atoms with Crippen molar-refractivity contribution in [2.24, 2.45) is 4.99 Å². The van der Waals surface area contributed by atoms with Crippen LogP contribution in [0.25, 0.3) is 0 Å². The average Bonchev–Trinajstić information content (AvgIpc) is 2.74. The van der Waals surface area contributed by atoms with Gasteiger partial charge in [-0.05, 0) is 5.56 Å². The second-order valence-electron chi connectivity index (χ2n) is 3.99. The van der Waals surface area contributed by atoms with E-state index in [0.29, 0.717) is 5.90 Å². The Bertz CT molecular complexity index is 474. The van der Waals surface area contributed by atoms with Gasteiger partial charge in [-0.2, -0.15) is 5.26 Å². The normalized spacial score (nSPS) is 36.1. The monoisotopic (exact) mass is 198 g/mol. The minimum atomic E-state index is -0.633. The first-order valence-corrected chi connectivity index (χ1v) is 4.97. The molecule has 2 aliphatic rings. The molecule has 3 atom stereocenters. The van der Waals surface area contributed by atoms with E-state index in [1.54, 1.807) is 6.92 Å². The molecule has 1 aliphatic carbocycles. The molecule has 0 unspecified atom stereocenters. The molecule has 0 radical (unpaired) electrons. The second kappa shape index (κ2) is 2.60. The molecule has 1 fully saturated rings. The summed E-state index contributed by atoms with van der Waals surface area (Å²) >= 11 is 0. The third-order valence-electron chi connectivity index (χ3n) is 3.08. The maximum atomic E-state index is 9.18. The lowest BCUT2D eigenvalue weighted by atomic mass is 10.1. The topological polar surface area (TPSA) is 45.4 Å². The molecule has 3 rings (SSSR count). The van der Waals surface area contributed by atoms with Gasteiger partial charge in [-0.3, -0.25) is 0 Å². The van der Waals surface area contributed by atoms with Gasteiger partial charge in [0.25, 0.3) is 0 Å². The van der Waals surface area contributed by atoms with Crippen molar-refractivity contribution in [3.8, 4) is 6.07 Å². The van der Waals surface area contributed by atoms with Gasteiger partial charge in [0, 0.05) is 6.92 Å². The molecule has 0 bridgehead atoms. The van der Waals surface area contributed by atoms with E-state index in [2.05, 4.69) is 11.1 Å². The van der Waals surface area contributed by atoms with Gasteiger partial charge >= 0.3 is 0 Å². The maximum Gasteiger partial charge on any atom is 0.197 e. The van der Waals surface area contributed by atoms with Gasteiger partial charge in [-0.15, -0.1) is 0 Å². The zero-order valence-corrected chi connectivity index (χ0v) is 8.34. The number of ether oxygens (including phenoxy) is 1. The fraction of sp³-hybridized carbons (Fsp3) is 0.333. The van der Waals surface area contributed by atoms with Gasteiger partial charge in [0.05, 0.1) is 12.0 Å². The smallest absolute Gasteiger partial charge is 0.197 e. The lowest BCUT2D eigenvalue weighted by Crippen LogP contribution is -2.04. The lowest BCUT2D eigenvalue weighted by Gasteiger charge is -2.03. The Morgan fingerprint density at radius 2 is 2.13 bits per heavy atom. The summed E-state index contributed by atoms with van der Waals surface area (Å²) < 4.78 is 5.52. The second-order valence-corrected chi connectivity index (χ2v) is 3.99. The Balaban J connectivity index is 1.99. The van der Waals surface area contributed by atoms with E-state index in [1.807, 2.05) is 30.3 Å². The highest BCUT2D eigenvalue weighted by Gasteiger charge is 2.72. The highest BCUT2D eigenvalue weighted by atomic mass is 16.5. The number of nitriles is 1. The van der Waals surface area contributed by atoms with Gasteiger partial charge in [-0.25, -0.2) is 4.99 Å². The van der Waals surface area contributed by atoms with E-state index in [4.69, 9.17) is 4.74 Å². The van der Waals surface area contributed by atoms with E-state index in [1.165, 1.54) is 0 Å². The Morgan fingerprint density at radius 1 is 1.40 bits per heavy atom. The average molecular weight is 198 g/mol. The molecule has 1 saturated carbocycles. The van der Waals surface area contributed by atoms with Crippen molar-refractivity contribution in [3.63, 3.8) is 0 Å². The minimum absolute atomic E-state index is 0.0649. The van der Waals surface area contributed by atoms with Gasteiger partial charge in [0.1, 0.15) is 6.10 Å². The van der Waals surface area contributed by atoms with Crippen LogP contribution in [-0.4, -0.2) is 17.5 Å². The van der Waals surface area contributed by atoms with E-state index in [0.717, 1.165) is 5.56 Å². The fourth-order valence-electron chi connectivity index (χ4n) is 2.35. The van der Waals surface area contributed by atoms with E-state index < -0.39 is 5.54 Å². The van der Waals surface area contributed by atoms with Crippen LogP contribution in [0.5, 0.6) is 0 Å². The Morgan fingerprint density at radius 3 is 2.73 bits per heavy atom. The maximum absolute atomic E-state index is 9.18. The van der Waals surface area contributed by atoms with Crippen LogP contribution >= 0.6 is 0 Å². The molecule has 1 aliphatic heterocycles. The van der Waals surface area contributed by atoms with Crippen LogP contribution < -0.4 is 0 Å². The molecule has 0 amide bonds. The highest BCUT2D eigenvalue weighted by Crippen LogP contribution is 2.59. The Hall–Kier alpha value is -1.82. The number of hydrogen-bond acceptors (Lipinski definition) is 3. The molecule has 3 heteroatoms. The minimum Gasteiger partial charge on any atom is -0.473 e. The largest absolute Gasteiger partial charge is 0.473 e. The molecule has 74 valence electrons. The molecule has 0 N–H and O–H groups in total. The summed E-state index contributed by atoms with van der Waals surface area (Å²) in [6.07, 6.45) is -0.0649. The number of nitrogens with zero attached hydrogens (tertiary/aromatic N) is 2. The van der Waals surface area contributed by atoms with Crippen LogP contribution in [0.3, 0.4) is 0 Å². The zero-order chi connectivity index (χ0) is 10.5. The molecular formula is C12H10N2O. The Labute approximate surface area is 88.0 Å². The van der Waals surface area contributed by atoms with E-state index in [-0.39, 0.29) is 12.0 Å².